The smallest absolute Gasteiger partial charge is 0.388 e. The van der Waals surface area contributed by atoms with Crippen molar-refractivity contribution in [2.45, 2.75) is 62.7 Å². The van der Waals surface area contributed by atoms with E-state index in [9.17, 15) is 24.2 Å². The molecular formula is C17H32N3O8PS. The average molecular weight is 469 g/mol. The molecule has 174 valence electrons. The minimum absolute atomic E-state index is 0.0108. The normalized spacial score (nSPS) is 26.4. The fraction of sp³-hybridized carbons (Fsp3) is 0.882. The summed E-state index contributed by atoms with van der Waals surface area (Å²) in [5, 5.41) is 18.3. The van der Waals surface area contributed by atoms with E-state index in [-0.39, 0.29) is 35.9 Å². The van der Waals surface area contributed by atoms with E-state index < -0.39 is 26.1 Å². The van der Waals surface area contributed by atoms with Gasteiger partial charge in [0.1, 0.15) is 6.10 Å². The van der Waals surface area contributed by atoms with Crippen molar-refractivity contribution in [3.63, 3.8) is 0 Å². The Kier molecular flexibility index (Phi) is 9.41. The Hall–Kier alpha value is -0.880. The van der Waals surface area contributed by atoms with Gasteiger partial charge in [-0.05, 0) is 27.2 Å². The van der Waals surface area contributed by atoms with E-state index in [0.717, 1.165) is 5.75 Å². The highest BCUT2D eigenvalue weighted by molar-refractivity contribution is 8.00. The van der Waals surface area contributed by atoms with Gasteiger partial charge < -0.3 is 30.7 Å². The Morgan fingerprint density at radius 1 is 1.37 bits per heavy atom. The maximum absolute atomic E-state index is 12.1. The van der Waals surface area contributed by atoms with Gasteiger partial charge in [0.2, 0.25) is 5.91 Å². The minimum Gasteiger partial charge on any atom is -0.388 e. The number of rotatable bonds is 12. The number of urea groups is 1. The molecule has 5 N–H and O–H groups in total. The summed E-state index contributed by atoms with van der Waals surface area (Å²) in [4.78, 5) is 33.0. The third-order valence-corrected chi connectivity index (χ3v) is 6.94. The standard InChI is InChI=1S/C17H32N3O8PS/c1-17(2,3)28-29(24,25)27-9-11(21)8-26-6-4-5-18-14(22)7-13-15-12(10-30-13)19-16(23)20-15/h11-13,15,21H,4-10H2,1-3H3,(H,18,22)(H,24,25)(H2,19,20,23). The second kappa shape index (κ2) is 11.1. The Morgan fingerprint density at radius 3 is 2.80 bits per heavy atom. The molecule has 13 heteroatoms. The number of amides is 3. The zero-order valence-corrected chi connectivity index (χ0v) is 19.2. The van der Waals surface area contributed by atoms with Crippen LogP contribution in [0.15, 0.2) is 0 Å². The number of fused-ring (bicyclic) bond motifs is 1. The Bertz CT molecular complexity index is 647. The van der Waals surface area contributed by atoms with E-state index in [1.54, 1.807) is 32.5 Å². The van der Waals surface area contributed by atoms with Gasteiger partial charge in [-0.1, -0.05) is 0 Å². The zero-order valence-electron chi connectivity index (χ0n) is 17.5. The molecule has 3 amide bonds. The lowest BCUT2D eigenvalue weighted by atomic mass is 10.1. The number of nitrogens with one attached hydrogen (secondary N) is 3. The second-order valence-electron chi connectivity index (χ2n) is 8.23. The first kappa shape index (κ1) is 25.4. The molecule has 0 radical (unpaired) electrons. The number of carbonyl (C=O) groups is 2. The van der Waals surface area contributed by atoms with Crippen molar-refractivity contribution in [1.82, 2.24) is 16.0 Å². The SMILES string of the molecule is CC(C)(C)OP(=O)(O)OCC(O)COCCCNC(=O)CC1SCC2NC(=O)NC21. The van der Waals surface area contributed by atoms with Gasteiger partial charge in [0.05, 0.1) is 30.9 Å². The van der Waals surface area contributed by atoms with Crippen LogP contribution in [-0.2, 0) is 23.1 Å². The van der Waals surface area contributed by atoms with E-state index in [2.05, 4.69) is 16.0 Å². The summed E-state index contributed by atoms with van der Waals surface area (Å²) in [6.45, 7) is 5.10. The quantitative estimate of drug-likeness (QED) is 0.155. The van der Waals surface area contributed by atoms with Gasteiger partial charge in [-0.15, -0.1) is 0 Å². The largest absolute Gasteiger partial charge is 0.472 e. The van der Waals surface area contributed by atoms with E-state index in [0.29, 0.717) is 26.0 Å². The number of phosphoric ester groups is 1. The van der Waals surface area contributed by atoms with E-state index >= 15 is 0 Å². The highest BCUT2D eigenvalue weighted by Crippen LogP contribution is 2.47. The Labute approximate surface area is 180 Å². The molecular weight excluding hydrogens is 437 g/mol. The predicted octanol–water partition coefficient (Wildman–Crippen LogP) is 0.358. The number of aliphatic hydroxyl groups excluding tert-OH is 1. The van der Waals surface area contributed by atoms with Crippen LogP contribution >= 0.6 is 19.6 Å². The van der Waals surface area contributed by atoms with Crippen molar-refractivity contribution in [2.24, 2.45) is 0 Å². The first-order valence-corrected chi connectivity index (χ1v) is 12.4. The molecule has 0 aliphatic carbocycles. The molecule has 2 rings (SSSR count). The van der Waals surface area contributed by atoms with Crippen LogP contribution in [0, 0.1) is 0 Å². The van der Waals surface area contributed by atoms with E-state index in [1.807, 2.05) is 0 Å². The number of hydrogen-bond acceptors (Lipinski definition) is 8. The molecule has 0 aromatic heterocycles. The maximum Gasteiger partial charge on any atom is 0.472 e. The van der Waals surface area contributed by atoms with E-state index in [1.165, 1.54) is 0 Å². The lowest BCUT2D eigenvalue weighted by Crippen LogP contribution is -2.39. The maximum atomic E-state index is 12.1. The van der Waals surface area contributed by atoms with Crippen LogP contribution in [0.25, 0.3) is 0 Å². The summed E-state index contributed by atoms with van der Waals surface area (Å²) in [6.07, 6.45) is -0.193. The van der Waals surface area contributed by atoms with Gasteiger partial charge in [0.15, 0.2) is 0 Å². The first-order chi connectivity index (χ1) is 14.0. The molecule has 0 bridgehead atoms. The van der Waals surface area contributed by atoms with Crippen LogP contribution in [0.2, 0.25) is 0 Å². The molecule has 0 aromatic carbocycles. The third-order valence-electron chi connectivity index (χ3n) is 4.24. The van der Waals surface area contributed by atoms with Gasteiger partial charge in [-0.25, -0.2) is 9.36 Å². The summed E-state index contributed by atoms with van der Waals surface area (Å²) in [6, 6.07) is -0.101. The van der Waals surface area contributed by atoms with Crippen LogP contribution in [0.4, 0.5) is 4.79 Å². The molecule has 11 nitrogen and oxygen atoms in total. The molecule has 30 heavy (non-hydrogen) atoms. The van der Waals surface area contributed by atoms with Crippen molar-refractivity contribution in [3.05, 3.63) is 0 Å². The Balaban J connectivity index is 1.50. The topological polar surface area (TPSA) is 155 Å². The van der Waals surface area contributed by atoms with Crippen LogP contribution in [0.3, 0.4) is 0 Å². The van der Waals surface area contributed by atoms with E-state index in [4.69, 9.17) is 13.8 Å². The summed E-state index contributed by atoms with van der Waals surface area (Å²) in [7, 11) is -4.24. The highest BCUT2D eigenvalue weighted by Gasteiger charge is 2.43. The number of ether oxygens (including phenoxy) is 1. The molecule has 0 aromatic rings. The monoisotopic (exact) mass is 469 g/mol. The molecule has 2 aliphatic rings. The molecule has 0 spiro atoms. The molecule has 2 heterocycles. The van der Waals surface area contributed by atoms with Gasteiger partial charge in [0.25, 0.3) is 0 Å². The second-order valence-corrected chi connectivity index (χ2v) is 10.9. The number of thioether (sulfide) groups is 1. The fourth-order valence-electron chi connectivity index (χ4n) is 3.04. The van der Waals surface area contributed by atoms with Crippen LogP contribution in [0.1, 0.15) is 33.6 Å². The van der Waals surface area contributed by atoms with Crippen molar-refractivity contribution in [3.8, 4) is 0 Å². The summed E-state index contributed by atoms with van der Waals surface area (Å²) in [5.74, 6) is 0.718. The number of hydrogen-bond donors (Lipinski definition) is 5. The highest BCUT2D eigenvalue weighted by atomic mass is 32.2. The number of phosphoric acid groups is 1. The van der Waals surface area contributed by atoms with Gasteiger partial charge in [-0.3, -0.25) is 13.8 Å². The lowest BCUT2D eigenvalue weighted by molar-refractivity contribution is -0.121. The molecule has 5 atom stereocenters. The summed E-state index contributed by atoms with van der Waals surface area (Å²) in [5.41, 5.74) is -0.851. The molecule has 2 aliphatic heterocycles. The summed E-state index contributed by atoms with van der Waals surface area (Å²) < 4.78 is 26.6. The zero-order chi connectivity index (χ0) is 22.4. The fourth-order valence-corrected chi connectivity index (χ4v) is 5.63. The molecule has 0 saturated carbocycles. The molecule has 2 saturated heterocycles. The minimum atomic E-state index is -4.24. The van der Waals surface area contributed by atoms with Crippen LogP contribution < -0.4 is 16.0 Å². The Morgan fingerprint density at radius 2 is 2.10 bits per heavy atom. The van der Waals surface area contributed by atoms with Crippen molar-refractivity contribution in [2.75, 3.05) is 32.1 Å². The van der Waals surface area contributed by atoms with Gasteiger partial charge in [0, 0.05) is 30.6 Å². The van der Waals surface area contributed by atoms with Crippen molar-refractivity contribution in [1.29, 1.82) is 0 Å². The third kappa shape index (κ3) is 9.09. The van der Waals surface area contributed by atoms with Gasteiger partial charge in [-0.2, -0.15) is 11.8 Å². The predicted molar refractivity (Wildman–Crippen MR) is 111 cm³/mol. The van der Waals surface area contributed by atoms with Crippen molar-refractivity contribution < 1.29 is 37.9 Å². The van der Waals surface area contributed by atoms with Gasteiger partial charge >= 0.3 is 13.9 Å². The summed E-state index contributed by atoms with van der Waals surface area (Å²) >= 11 is 1.68. The van der Waals surface area contributed by atoms with Crippen LogP contribution in [-0.4, -0.2) is 83.1 Å². The molecule has 5 unspecified atom stereocenters. The van der Waals surface area contributed by atoms with Crippen LogP contribution in [0.5, 0.6) is 0 Å². The number of carbonyl (C=O) groups excluding carboxylic acids is 2. The molecule has 2 fully saturated rings. The number of aliphatic hydroxyl groups is 1. The van der Waals surface area contributed by atoms with Crippen molar-refractivity contribution >= 4 is 31.5 Å². The lowest BCUT2D eigenvalue weighted by Gasteiger charge is -2.23. The average Bonchev–Trinajstić information content (AvgIpc) is 3.14. The first-order valence-electron chi connectivity index (χ1n) is 9.84.